The van der Waals surface area contributed by atoms with Gasteiger partial charge in [0.2, 0.25) is 0 Å². The van der Waals surface area contributed by atoms with E-state index in [1.54, 1.807) is 0 Å². The normalized spacial score (nSPS) is 39.2. The van der Waals surface area contributed by atoms with Gasteiger partial charge in [-0.2, -0.15) is 0 Å². The summed E-state index contributed by atoms with van der Waals surface area (Å²) in [6, 6.07) is 0.272. The first-order chi connectivity index (χ1) is 7.44. The van der Waals surface area contributed by atoms with E-state index in [4.69, 9.17) is 4.74 Å². The number of ether oxygens (including phenoxy) is 1. The molecule has 1 aliphatic carbocycles. The quantitative estimate of drug-likeness (QED) is 0.664. The van der Waals surface area contributed by atoms with E-state index < -0.39 is 0 Å². The second kappa shape index (κ2) is 3.67. The van der Waals surface area contributed by atoms with Crippen LogP contribution in [-0.4, -0.2) is 43.0 Å². The van der Waals surface area contributed by atoms with E-state index in [0.29, 0.717) is 5.78 Å². The van der Waals surface area contributed by atoms with Gasteiger partial charge in [0.25, 0.3) is 0 Å². The highest BCUT2D eigenvalue weighted by atomic mass is 16.5. The van der Waals surface area contributed by atoms with Crippen LogP contribution in [0.1, 0.15) is 20.8 Å². The summed E-state index contributed by atoms with van der Waals surface area (Å²) in [5, 5.41) is 0. The lowest BCUT2D eigenvalue weighted by Gasteiger charge is -2.60. The highest BCUT2D eigenvalue weighted by Crippen LogP contribution is 2.53. The van der Waals surface area contributed by atoms with Crippen molar-refractivity contribution >= 4 is 5.78 Å². The summed E-state index contributed by atoms with van der Waals surface area (Å²) in [6.07, 6.45) is 1.82. The smallest absolute Gasteiger partial charge is 0.151 e. The van der Waals surface area contributed by atoms with Crippen molar-refractivity contribution in [3.8, 4) is 0 Å². The zero-order valence-electron chi connectivity index (χ0n) is 10.5. The second-order valence-corrected chi connectivity index (χ2v) is 5.59. The molecule has 0 bridgehead atoms. The minimum Gasteiger partial charge on any atom is -0.379 e. The number of hydrogen-bond donors (Lipinski definition) is 0. The van der Waals surface area contributed by atoms with Gasteiger partial charge < -0.3 is 4.74 Å². The largest absolute Gasteiger partial charge is 0.379 e. The molecule has 0 amide bonds. The van der Waals surface area contributed by atoms with E-state index in [2.05, 4.69) is 11.5 Å². The average Bonchev–Trinajstić information content (AvgIpc) is 2.29. The van der Waals surface area contributed by atoms with Gasteiger partial charge in [-0.25, -0.2) is 0 Å². The summed E-state index contributed by atoms with van der Waals surface area (Å²) in [6.45, 7) is 13.3. The monoisotopic (exact) mass is 223 g/mol. The SMILES string of the molecule is C=CC1(C)C(=O)C(C)(C)C1N1CCOCC1. The molecule has 0 spiro atoms. The summed E-state index contributed by atoms with van der Waals surface area (Å²) in [4.78, 5) is 14.5. The molecule has 3 heteroatoms. The Balaban J connectivity index is 2.23. The fraction of sp³-hybridized carbons (Fsp3) is 0.769. The molecule has 2 rings (SSSR count). The van der Waals surface area contributed by atoms with E-state index in [1.165, 1.54) is 0 Å². The molecule has 90 valence electrons. The van der Waals surface area contributed by atoms with Gasteiger partial charge in [0.15, 0.2) is 5.78 Å². The van der Waals surface area contributed by atoms with Crippen LogP contribution in [0.2, 0.25) is 0 Å². The van der Waals surface area contributed by atoms with Gasteiger partial charge in [0.1, 0.15) is 0 Å². The molecule has 1 saturated carbocycles. The topological polar surface area (TPSA) is 29.5 Å². The number of morpholine rings is 1. The molecule has 2 atom stereocenters. The first kappa shape index (κ1) is 11.8. The van der Waals surface area contributed by atoms with E-state index in [9.17, 15) is 4.79 Å². The molecular weight excluding hydrogens is 202 g/mol. The summed E-state index contributed by atoms with van der Waals surface area (Å²) in [5.74, 6) is 0.312. The summed E-state index contributed by atoms with van der Waals surface area (Å²) in [7, 11) is 0. The third-order valence-corrected chi connectivity index (χ3v) is 4.16. The molecule has 0 aromatic heterocycles. The Bertz CT molecular complexity index is 318. The third-order valence-electron chi connectivity index (χ3n) is 4.16. The highest BCUT2D eigenvalue weighted by molar-refractivity contribution is 5.99. The minimum atomic E-state index is -0.374. The van der Waals surface area contributed by atoms with Gasteiger partial charge in [-0.15, -0.1) is 6.58 Å². The summed E-state index contributed by atoms with van der Waals surface area (Å²) < 4.78 is 5.36. The maximum absolute atomic E-state index is 12.2. The van der Waals surface area contributed by atoms with E-state index in [-0.39, 0.29) is 16.9 Å². The van der Waals surface area contributed by atoms with Crippen molar-refractivity contribution in [3.63, 3.8) is 0 Å². The Kier molecular flexibility index (Phi) is 2.71. The molecular formula is C13H21NO2. The zero-order valence-corrected chi connectivity index (χ0v) is 10.5. The van der Waals surface area contributed by atoms with E-state index in [1.807, 2.05) is 26.8 Å². The van der Waals surface area contributed by atoms with Gasteiger partial charge >= 0.3 is 0 Å². The van der Waals surface area contributed by atoms with Crippen LogP contribution in [0.5, 0.6) is 0 Å². The summed E-state index contributed by atoms with van der Waals surface area (Å²) >= 11 is 0. The highest BCUT2D eigenvalue weighted by Gasteiger charge is 2.64. The first-order valence-electron chi connectivity index (χ1n) is 5.95. The van der Waals surface area contributed by atoms with Crippen molar-refractivity contribution in [2.24, 2.45) is 10.8 Å². The molecule has 2 aliphatic rings. The predicted octanol–water partition coefficient (Wildman–Crippen LogP) is 1.49. The molecule has 2 fully saturated rings. The van der Waals surface area contributed by atoms with Crippen molar-refractivity contribution in [1.29, 1.82) is 0 Å². The molecule has 3 nitrogen and oxygen atoms in total. The third kappa shape index (κ3) is 1.38. The van der Waals surface area contributed by atoms with Crippen LogP contribution in [0.3, 0.4) is 0 Å². The van der Waals surface area contributed by atoms with E-state index in [0.717, 1.165) is 26.3 Å². The van der Waals surface area contributed by atoms with Crippen LogP contribution in [-0.2, 0) is 9.53 Å². The Hall–Kier alpha value is -0.670. The fourth-order valence-corrected chi connectivity index (χ4v) is 3.49. The Morgan fingerprint density at radius 2 is 1.94 bits per heavy atom. The number of hydrogen-bond acceptors (Lipinski definition) is 3. The molecule has 0 radical (unpaired) electrons. The van der Waals surface area contributed by atoms with Gasteiger partial charge in [-0.3, -0.25) is 9.69 Å². The van der Waals surface area contributed by atoms with Crippen LogP contribution in [0.4, 0.5) is 0 Å². The Morgan fingerprint density at radius 3 is 2.44 bits per heavy atom. The van der Waals surface area contributed by atoms with Crippen molar-refractivity contribution in [2.75, 3.05) is 26.3 Å². The molecule has 1 aliphatic heterocycles. The Morgan fingerprint density at radius 1 is 1.38 bits per heavy atom. The van der Waals surface area contributed by atoms with Gasteiger partial charge in [0, 0.05) is 24.5 Å². The number of Topliss-reactive ketones (excluding diaryl/α,β-unsaturated/α-hetero) is 1. The van der Waals surface area contributed by atoms with Crippen LogP contribution < -0.4 is 0 Å². The molecule has 16 heavy (non-hydrogen) atoms. The first-order valence-corrected chi connectivity index (χ1v) is 5.95. The number of carbonyl (C=O) groups is 1. The Labute approximate surface area is 97.5 Å². The molecule has 1 heterocycles. The zero-order chi connectivity index (χ0) is 12.0. The van der Waals surface area contributed by atoms with Crippen molar-refractivity contribution in [2.45, 2.75) is 26.8 Å². The predicted molar refractivity (Wildman–Crippen MR) is 63.3 cm³/mol. The van der Waals surface area contributed by atoms with Crippen molar-refractivity contribution < 1.29 is 9.53 Å². The van der Waals surface area contributed by atoms with Gasteiger partial charge in [-0.05, 0) is 6.92 Å². The molecule has 0 aromatic carbocycles. The van der Waals surface area contributed by atoms with Crippen molar-refractivity contribution in [3.05, 3.63) is 12.7 Å². The molecule has 0 N–H and O–H groups in total. The average molecular weight is 223 g/mol. The molecule has 2 unspecified atom stereocenters. The van der Waals surface area contributed by atoms with Crippen LogP contribution >= 0.6 is 0 Å². The van der Waals surface area contributed by atoms with Crippen LogP contribution in [0.25, 0.3) is 0 Å². The van der Waals surface area contributed by atoms with Gasteiger partial charge in [-0.1, -0.05) is 19.9 Å². The number of carbonyl (C=O) groups excluding carboxylic acids is 1. The maximum Gasteiger partial charge on any atom is 0.151 e. The van der Waals surface area contributed by atoms with Crippen LogP contribution in [0.15, 0.2) is 12.7 Å². The van der Waals surface area contributed by atoms with Gasteiger partial charge in [0.05, 0.1) is 18.6 Å². The van der Waals surface area contributed by atoms with Crippen molar-refractivity contribution in [1.82, 2.24) is 4.90 Å². The number of ketones is 1. The summed E-state index contributed by atoms with van der Waals surface area (Å²) in [5.41, 5.74) is -0.624. The van der Waals surface area contributed by atoms with E-state index >= 15 is 0 Å². The lowest BCUT2D eigenvalue weighted by molar-refractivity contribution is -0.170. The molecule has 0 aromatic rings. The number of nitrogens with zero attached hydrogens (tertiary/aromatic N) is 1. The van der Waals surface area contributed by atoms with Crippen LogP contribution in [0, 0.1) is 10.8 Å². The second-order valence-electron chi connectivity index (χ2n) is 5.59. The molecule has 1 saturated heterocycles. The maximum atomic E-state index is 12.2. The number of rotatable bonds is 2. The lowest BCUT2D eigenvalue weighted by atomic mass is 9.49. The standard InChI is InChI=1S/C13H21NO2/c1-5-13(4)10(12(2,3)11(13)15)14-6-8-16-9-7-14/h5,10H,1,6-9H2,2-4H3. The fourth-order valence-electron chi connectivity index (χ4n) is 3.49. The lowest BCUT2D eigenvalue weighted by Crippen LogP contribution is -2.72. The minimum absolute atomic E-state index is 0.250.